The van der Waals surface area contributed by atoms with Gasteiger partial charge >= 0.3 is 0 Å². The van der Waals surface area contributed by atoms with Crippen LogP contribution in [-0.2, 0) is 20.8 Å². The average molecular weight is 400 g/mol. The second kappa shape index (κ2) is 9.37. The van der Waals surface area contributed by atoms with Gasteiger partial charge in [-0.3, -0.25) is 14.4 Å². The van der Waals surface area contributed by atoms with Gasteiger partial charge in [-0.15, -0.1) is 0 Å². The Labute approximate surface area is 169 Å². The fourth-order valence-electron chi connectivity index (χ4n) is 3.13. The molecule has 1 fully saturated rings. The van der Waals surface area contributed by atoms with Gasteiger partial charge in [0.25, 0.3) is 5.91 Å². The van der Waals surface area contributed by atoms with Gasteiger partial charge in [0.05, 0.1) is 17.3 Å². The van der Waals surface area contributed by atoms with E-state index >= 15 is 0 Å². The molecule has 0 unspecified atom stereocenters. The van der Waals surface area contributed by atoms with Crippen molar-refractivity contribution in [3.63, 3.8) is 0 Å². The second-order valence-electron chi connectivity index (χ2n) is 6.59. The SMILES string of the molecule is O=C(Cc1ccccc1)C(=O)NCC(=O)N1CCN(c2ccccc2Cl)CC1. The standard InChI is InChI=1S/C21H22ClN3O3/c22-17-8-4-5-9-18(17)24-10-12-25(13-11-24)20(27)15-23-21(28)19(26)14-16-6-2-1-3-7-16/h1-9H,10-15H2,(H,23,28). The molecular weight excluding hydrogens is 378 g/mol. The Bertz CT molecular complexity index is 849. The predicted octanol–water partition coefficient (Wildman–Crippen LogP) is 1.92. The third kappa shape index (κ3) is 5.10. The number of amides is 2. The molecule has 2 aromatic carbocycles. The summed E-state index contributed by atoms with van der Waals surface area (Å²) in [5.74, 6) is -1.48. The Morgan fingerprint density at radius 1 is 0.893 bits per heavy atom. The van der Waals surface area contributed by atoms with Gasteiger partial charge in [0.1, 0.15) is 0 Å². The molecule has 1 aliphatic rings. The number of hydrogen-bond acceptors (Lipinski definition) is 4. The van der Waals surface area contributed by atoms with E-state index in [-0.39, 0.29) is 18.9 Å². The van der Waals surface area contributed by atoms with Crippen LogP contribution in [0.15, 0.2) is 54.6 Å². The van der Waals surface area contributed by atoms with Crippen molar-refractivity contribution in [1.82, 2.24) is 10.2 Å². The maximum absolute atomic E-state index is 12.3. The number of para-hydroxylation sites is 1. The van der Waals surface area contributed by atoms with E-state index in [1.807, 2.05) is 42.5 Å². The molecule has 7 heteroatoms. The number of ketones is 1. The lowest BCUT2D eigenvalue weighted by Gasteiger charge is -2.36. The van der Waals surface area contributed by atoms with Crippen LogP contribution in [-0.4, -0.2) is 55.2 Å². The lowest BCUT2D eigenvalue weighted by atomic mass is 10.1. The monoisotopic (exact) mass is 399 g/mol. The topological polar surface area (TPSA) is 69.7 Å². The lowest BCUT2D eigenvalue weighted by Crippen LogP contribution is -2.51. The van der Waals surface area contributed by atoms with Gasteiger partial charge in [0, 0.05) is 32.6 Å². The normalized spacial score (nSPS) is 13.9. The fraction of sp³-hybridized carbons (Fsp3) is 0.286. The number of piperazine rings is 1. The van der Waals surface area contributed by atoms with Crippen molar-refractivity contribution in [3.8, 4) is 0 Å². The van der Waals surface area contributed by atoms with Crippen LogP contribution in [0.3, 0.4) is 0 Å². The van der Waals surface area contributed by atoms with Gasteiger partial charge in [0.15, 0.2) is 0 Å². The third-order valence-electron chi connectivity index (χ3n) is 4.69. The molecule has 6 nitrogen and oxygen atoms in total. The van der Waals surface area contributed by atoms with Crippen molar-refractivity contribution < 1.29 is 14.4 Å². The smallest absolute Gasteiger partial charge is 0.288 e. The van der Waals surface area contributed by atoms with Gasteiger partial charge in [-0.2, -0.15) is 0 Å². The number of halogens is 1. The Morgan fingerprint density at radius 2 is 1.54 bits per heavy atom. The minimum absolute atomic E-state index is 0.0252. The Hall–Kier alpha value is -2.86. The highest BCUT2D eigenvalue weighted by molar-refractivity contribution is 6.36. The summed E-state index contributed by atoms with van der Waals surface area (Å²) in [4.78, 5) is 40.1. The number of nitrogens with zero attached hydrogens (tertiary/aromatic N) is 2. The summed E-state index contributed by atoms with van der Waals surface area (Å²) in [7, 11) is 0. The number of rotatable bonds is 6. The average Bonchev–Trinajstić information content (AvgIpc) is 2.73. The van der Waals surface area contributed by atoms with E-state index in [1.54, 1.807) is 17.0 Å². The van der Waals surface area contributed by atoms with Crippen molar-refractivity contribution in [2.24, 2.45) is 0 Å². The number of Topliss-reactive ketones (excluding diaryl/α,β-unsaturated/α-hetero) is 1. The molecule has 0 spiro atoms. The van der Waals surface area contributed by atoms with E-state index in [0.717, 1.165) is 11.3 Å². The van der Waals surface area contributed by atoms with Crippen molar-refractivity contribution in [2.45, 2.75) is 6.42 Å². The summed E-state index contributed by atoms with van der Waals surface area (Å²) in [6, 6.07) is 16.7. The number of carbonyl (C=O) groups is 3. The fourth-order valence-corrected chi connectivity index (χ4v) is 3.39. The summed E-state index contributed by atoms with van der Waals surface area (Å²) >= 11 is 6.23. The van der Waals surface area contributed by atoms with Crippen LogP contribution < -0.4 is 10.2 Å². The summed E-state index contributed by atoms with van der Waals surface area (Å²) in [5.41, 5.74) is 1.72. The van der Waals surface area contributed by atoms with Crippen LogP contribution in [0.1, 0.15) is 5.56 Å². The van der Waals surface area contributed by atoms with Gasteiger partial charge < -0.3 is 15.1 Å². The number of carbonyl (C=O) groups excluding carboxylic acids is 3. The molecule has 0 saturated carbocycles. The maximum atomic E-state index is 12.3. The molecule has 1 heterocycles. The Balaban J connectivity index is 1.44. The van der Waals surface area contributed by atoms with E-state index in [2.05, 4.69) is 10.2 Å². The van der Waals surface area contributed by atoms with Gasteiger partial charge in [-0.05, 0) is 17.7 Å². The van der Waals surface area contributed by atoms with E-state index in [0.29, 0.717) is 31.2 Å². The first-order chi connectivity index (χ1) is 13.5. The van der Waals surface area contributed by atoms with E-state index < -0.39 is 11.7 Å². The van der Waals surface area contributed by atoms with Crippen LogP contribution in [0.25, 0.3) is 0 Å². The van der Waals surface area contributed by atoms with Crippen molar-refractivity contribution in [2.75, 3.05) is 37.6 Å². The first kappa shape index (κ1) is 19.9. The summed E-state index contributed by atoms with van der Waals surface area (Å²) in [5, 5.41) is 3.12. The molecular formula is C21H22ClN3O3. The van der Waals surface area contributed by atoms with Crippen LogP contribution in [0.4, 0.5) is 5.69 Å². The summed E-state index contributed by atoms with van der Waals surface area (Å²) in [6.07, 6.45) is 0.0252. The summed E-state index contributed by atoms with van der Waals surface area (Å²) < 4.78 is 0. The zero-order chi connectivity index (χ0) is 19.9. The van der Waals surface area contributed by atoms with Gasteiger partial charge in [-0.1, -0.05) is 54.1 Å². The van der Waals surface area contributed by atoms with E-state index in [4.69, 9.17) is 11.6 Å². The number of nitrogens with one attached hydrogen (secondary N) is 1. The third-order valence-corrected chi connectivity index (χ3v) is 5.01. The molecule has 1 saturated heterocycles. The van der Waals surface area contributed by atoms with E-state index in [1.165, 1.54) is 0 Å². The molecule has 2 aromatic rings. The van der Waals surface area contributed by atoms with Crippen LogP contribution in [0, 0.1) is 0 Å². The lowest BCUT2D eigenvalue weighted by molar-refractivity contribution is -0.139. The van der Waals surface area contributed by atoms with Crippen LogP contribution in [0.2, 0.25) is 5.02 Å². The minimum atomic E-state index is -0.730. The van der Waals surface area contributed by atoms with Crippen LogP contribution >= 0.6 is 11.6 Å². The Kier molecular flexibility index (Phi) is 6.66. The highest BCUT2D eigenvalue weighted by atomic mass is 35.5. The number of hydrogen-bond donors (Lipinski definition) is 1. The molecule has 0 bridgehead atoms. The summed E-state index contributed by atoms with van der Waals surface area (Å²) in [6.45, 7) is 2.23. The first-order valence-electron chi connectivity index (χ1n) is 9.17. The molecule has 0 atom stereocenters. The molecule has 28 heavy (non-hydrogen) atoms. The van der Waals surface area contributed by atoms with Crippen molar-refractivity contribution in [1.29, 1.82) is 0 Å². The highest BCUT2D eigenvalue weighted by Crippen LogP contribution is 2.25. The molecule has 146 valence electrons. The molecule has 1 aliphatic heterocycles. The van der Waals surface area contributed by atoms with Crippen molar-refractivity contribution in [3.05, 3.63) is 65.2 Å². The van der Waals surface area contributed by atoms with E-state index in [9.17, 15) is 14.4 Å². The largest absolute Gasteiger partial charge is 0.367 e. The molecule has 0 aromatic heterocycles. The number of benzene rings is 2. The highest BCUT2D eigenvalue weighted by Gasteiger charge is 2.23. The number of anilines is 1. The van der Waals surface area contributed by atoms with Crippen LogP contribution in [0.5, 0.6) is 0 Å². The molecule has 1 N–H and O–H groups in total. The van der Waals surface area contributed by atoms with Gasteiger partial charge in [-0.25, -0.2) is 0 Å². The van der Waals surface area contributed by atoms with Crippen molar-refractivity contribution >= 4 is 34.9 Å². The van der Waals surface area contributed by atoms with Gasteiger partial charge in [0.2, 0.25) is 11.7 Å². The predicted molar refractivity (Wildman–Crippen MR) is 108 cm³/mol. The molecule has 0 aliphatic carbocycles. The first-order valence-corrected chi connectivity index (χ1v) is 9.54. The molecule has 0 radical (unpaired) electrons. The second-order valence-corrected chi connectivity index (χ2v) is 6.99. The maximum Gasteiger partial charge on any atom is 0.288 e. The zero-order valence-electron chi connectivity index (χ0n) is 15.4. The zero-order valence-corrected chi connectivity index (χ0v) is 16.2. The molecule has 2 amide bonds. The minimum Gasteiger partial charge on any atom is -0.367 e. The quantitative estimate of drug-likeness (QED) is 0.753. The molecule has 3 rings (SSSR count). The Morgan fingerprint density at radius 3 is 2.21 bits per heavy atom.